The number of hydrogen-bond donors (Lipinski definition) is 0. The number of carbonyl (C=O) groups excluding carboxylic acids is 1. The lowest BCUT2D eigenvalue weighted by molar-refractivity contribution is -0.131. The number of benzene rings is 1. The van der Waals surface area contributed by atoms with Crippen LogP contribution in [-0.4, -0.2) is 32.1 Å². The van der Waals surface area contributed by atoms with Gasteiger partial charge in [-0.15, -0.1) is 0 Å². The first-order valence-electron chi connectivity index (χ1n) is 7.06. The van der Waals surface area contributed by atoms with Crippen LogP contribution in [0.25, 0.3) is 0 Å². The minimum atomic E-state index is -0.126. The summed E-state index contributed by atoms with van der Waals surface area (Å²) < 4.78 is 15.9. The number of ether oxygens (including phenoxy) is 2. The highest BCUT2D eigenvalue weighted by Crippen LogP contribution is 2.26. The van der Waals surface area contributed by atoms with E-state index in [0.717, 1.165) is 11.3 Å². The molecule has 1 aromatic heterocycles. The van der Waals surface area contributed by atoms with Crippen molar-refractivity contribution in [3.63, 3.8) is 0 Å². The van der Waals surface area contributed by atoms with Gasteiger partial charge >= 0.3 is 0 Å². The summed E-state index contributed by atoms with van der Waals surface area (Å²) in [7, 11) is 4.95. The maximum Gasteiger partial charge on any atom is 0.227 e. The molecule has 1 atom stereocenters. The van der Waals surface area contributed by atoms with Gasteiger partial charge in [0.25, 0.3) is 0 Å². The zero-order valence-electron chi connectivity index (χ0n) is 13.3. The minimum absolute atomic E-state index is 0.0181. The van der Waals surface area contributed by atoms with Gasteiger partial charge in [-0.3, -0.25) is 4.79 Å². The third kappa shape index (κ3) is 3.42. The van der Waals surface area contributed by atoms with E-state index in [1.54, 1.807) is 38.5 Å². The molecule has 1 aromatic carbocycles. The van der Waals surface area contributed by atoms with Gasteiger partial charge in [0.05, 0.1) is 32.9 Å². The topological polar surface area (TPSA) is 51.9 Å². The second kappa shape index (κ2) is 7.02. The maximum absolute atomic E-state index is 12.5. The first-order chi connectivity index (χ1) is 10.6. The number of nitrogens with zero attached hydrogens (tertiary/aromatic N) is 1. The third-order valence-corrected chi connectivity index (χ3v) is 3.76. The van der Waals surface area contributed by atoms with Crippen molar-refractivity contribution in [3.8, 4) is 11.5 Å². The van der Waals surface area contributed by atoms with Crippen molar-refractivity contribution in [2.45, 2.75) is 19.4 Å². The molecular formula is C17H21NO4. The van der Waals surface area contributed by atoms with Crippen LogP contribution in [-0.2, 0) is 11.2 Å². The smallest absolute Gasteiger partial charge is 0.227 e. The zero-order valence-corrected chi connectivity index (χ0v) is 13.3. The van der Waals surface area contributed by atoms with E-state index in [0.29, 0.717) is 11.5 Å². The van der Waals surface area contributed by atoms with E-state index in [4.69, 9.17) is 13.9 Å². The van der Waals surface area contributed by atoms with E-state index < -0.39 is 0 Å². The Balaban J connectivity index is 2.14. The Morgan fingerprint density at radius 3 is 2.64 bits per heavy atom. The van der Waals surface area contributed by atoms with Crippen molar-refractivity contribution in [1.29, 1.82) is 0 Å². The SMILES string of the molecule is COc1ccc(OC)c(CC(=O)N(C)C(C)c2ccco2)c1. The molecule has 5 nitrogen and oxygen atoms in total. The predicted octanol–water partition coefficient (Wildman–Crippen LogP) is 3.06. The first kappa shape index (κ1) is 15.9. The molecule has 2 aromatic rings. The normalized spacial score (nSPS) is 11.8. The molecule has 1 heterocycles. The Bertz CT molecular complexity index is 622. The molecule has 0 spiro atoms. The van der Waals surface area contributed by atoms with Gasteiger partial charge in [-0.2, -0.15) is 0 Å². The fourth-order valence-electron chi connectivity index (χ4n) is 2.24. The van der Waals surface area contributed by atoms with E-state index in [1.807, 2.05) is 31.2 Å². The average Bonchev–Trinajstić information content (AvgIpc) is 3.07. The van der Waals surface area contributed by atoms with Crippen molar-refractivity contribution in [2.24, 2.45) is 0 Å². The molecule has 0 saturated carbocycles. The Kier molecular flexibility index (Phi) is 5.09. The highest BCUT2D eigenvalue weighted by molar-refractivity contribution is 5.79. The quantitative estimate of drug-likeness (QED) is 0.823. The summed E-state index contributed by atoms with van der Waals surface area (Å²) in [6.07, 6.45) is 1.84. The number of furan rings is 1. The summed E-state index contributed by atoms with van der Waals surface area (Å²) in [5, 5.41) is 0. The van der Waals surface area contributed by atoms with Gasteiger partial charge in [-0.1, -0.05) is 0 Å². The molecule has 22 heavy (non-hydrogen) atoms. The molecule has 0 bridgehead atoms. The molecule has 0 fully saturated rings. The van der Waals surface area contributed by atoms with Crippen molar-refractivity contribution in [3.05, 3.63) is 47.9 Å². The van der Waals surface area contributed by atoms with Crippen molar-refractivity contribution < 1.29 is 18.7 Å². The summed E-state index contributed by atoms with van der Waals surface area (Å²) in [4.78, 5) is 14.2. The van der Waals surface area contributed by atoms with Gasteiger partial charge < -0.3 is 18.8 Å². The fourth-order valence-corrected chi connectivity index (χ4v) is 2.24. The molecule has 1 unspecified atom stereocenters. The molecule has 1 amide bonds. The Hall–Kier alpha value is -2.43. The Labute approximate surface area is 130 Å². The highest BCUT2D eigenvalue weighted by atomic mass is 16.5. The van der Waals surface area contributed by atoms with Crippen LogP contribution in [0.5, 0.6) is 11.5 Å². The summed E-state index contributed by atoms with van der Waals surface area (Å²) in [6.45, 7) is 1.93. The van der Waals surface area contributed by atoms with Crippen LogP contribution in [0.15, 0.2) is 41.0 Å². The second-order valence-corrected chi connectivity index (χ2v) is 5.05. The van der Waals surface area contributed by atoms with Crippen LogP contribution in [0.4, 0.5) is 0 Å². The van der Waals surface area contributed by atoms with Gasteiger partial charge in [0, 0.05) is 12.6 Å². The lowest BCUT2D eigenvalue weighted by atomic mass is 10.1. The molecule has 5 heteroatoms. The van der Waals surface area contributed by atoms with Gasteiger partial charge in [0.1, 0.15) is 17.3 Å². The maximum atomic E-state index is 12.5. The summed E-state index contributed by atoms with van der Waals surface area (Å²) in [6, 6.07) is 8.98. The highest BCUT2D eigenvalue weighted by Gasteiger charge is 2.21. The third-order valence-electron chi connectivity index (χ3n) is 3.76. The van der Waals surface area contributed by atoms with Gasteiger partial charge in [-0.25, -0.2) is 0 Å². The van der Waals surface area contributed by atoms with Crippen molar-refractivity contribution >= 4 is 5.91 Å². The van der Waals surface area contributed by atoms with E-state index in [2.05, 4.69) is 0 Å². The molecule has 0 aliphatic rings. The predicted molar refractivity (Wildman–Crippen MR) is 83.1 cm³/mol. The van der Waals surface area contributed by atoms with E-state index >= 15 is 0 Å². The molecule has 0 radical (unpaired) electrons. The first-order valence-corrected chi connectivity index (χ1v) is 7.06. The number of hydrogen-bond acceptors (Lipinski definition) is 4. The fraction of sp³-hybridized carbons (Fsp3) is 0.353. The molecule has 118 valence electrons. The van der Waals surface area contributed by atoms with Gasteiger partial charge in [0.15, 0.2) is 0 Å². The standard InChI is InChI=1S/C17H21NO4/c1-12(15-6-5-9-22-15)18(2)17(19)11-13-10-14(20-3)7-8-16(13)21-4/h5-10,12H,11H2,1-4H3. The minimum Gasteiger partial charge on any atom is -0.497 e. The number of methoxy groups -OCH3 is 2. The summed E-state index contributed by atoms with van der Waals surface area (Å²) in [5.41, 5.74) is 0.797. The van der Waals surface area contributed by atoms with Crippen molar-refractivity contribution in [2.75, 3.05) is 21.3 Å². The molecule has 0 N–H and O–H groups in total. The molecule has 0 saturated heterocycles. The molecule has 0 aliphatic heterocycles. The van der Waals surface area contributed by atoms with Gasteiger partial charge in [0.2, 0.25) is 5.91 Å². The Morgan fingerprint density at radius 2 is 2.05 bits per heavy atom. The number of amides is 1. The van der Waals surface area contributed by atoms with Crippen LogP contribution in [0.2, 0.25) is 0 Å². The summed E-state index contributed by atoms with van der Waals surface area (Å²) in [5.74, 6) is 2.11. The number of likely N-dealkylation sites (N-methyl/N-ethyl adjacent to an activating group) is 1. The van der Waals surface area contributed by atoms with Gasteiger partial charge in [-0.05, 0) is 37.3 Å². The van der Waals surface area contributed by atoms with Crippen LogP contribution in [0.3, 0.4) is 0 Å². The van der Waals surface area contributed by atoms with Crippen molar-refractivity contribution in [1.82, 2.24) is 4.90 Å². The Morgan fingerprint density at radius 1 is 1.27 bits per heavy atom. The molecule has 0 aliphatic carbocycles. The van der Waals surface area contributed by atoms with E-state index in [9.17, 15) is 4.79 Å². The lowest BCUT2D eigenvalue weighted by Gasteiger charge is -2.23. The lowest BCUT2D eigenvalue weighted by Crippen LogP contribution is -2.30. The summed E-state index contributed by atoms with van der Waals surface area (Å²) >= 11 is 0. The van der Waals surface area contributed by atoms with Crippen LogP contribution in [0, 0.1) is 0 Å². The van der Waals surface area contributed by atoms with Crippen LogP contribution >= 0.6 is 0 Å². The number of carbonyl (C=O) groups is 1. The molecular weight excluding hydrogens is 282 g/mol. The van der Waals surface area contributed by atoms with Crippen LogP contribution in [0.1, 0.15) is 24.3 Å². The van der Waals surface area contributed by atoms with E-state index in [1.165, 1.54) is 0 Å². The molecule has 2 rings (SSSR count). The monoisotopic (exact) mass is 303 g/mol. The number of rotatable bonds is 6. The second-order valence-electron chi connectivity index (χ2n) is 5.05. The average molecular weight is 303 g/mol. The van der Waals surface area contributed by atoms with Crippen LogP contribution < -0.4 is 9.47 Å². The van der Waals surface area contributed by atoms with E-state index in [-0.39, 0.29) is 18.4 Å². The largest absolute Gasteiger partial charge is 0.497 e. The zero-order chi connectivity index (χ0) is 16.1.